The molecule has 1 saturated heterocycles. The van der Waals surface area contributed by atoms with Crippen LogP contribution in [0.15, 0.2) is 0 Å². The molecule has 2 unspecified atom stereocenters. The van der Waals surface area contributed by atoms with Crippen LogP contribution in [0.4, 0.5) is 0 Å². The van der Waals surface area contributed by atoms with Crippen LogP contribution in [-0.2, 0) is 0 Å². The van der Waals surface area contributed by atoms with Gasteiger partial charge in [-0.05, 0) is 67.6 Å². The third kappa shape index (κ3) is 5.68. The first-order valence-corrected chi connectivity index (χ1v) is 7.45. The van der Waals surface area contributed by atoms with Gasteiger partial charge in [0.1, 0.15) is 0 Å². The van der Waals surface area contributed by atoms with Crippen LogP contribution in [0.3, 0.4) is 0 Å². The predicted octanol–water partition coefficient (Wildman–Crippen LogP) is 2.18. The molecule has 1 rings (SSSR count). The van der Waals surface area contributed by atoms with Crippen LogP contribution in [0.2, 0.25) is 0 Å². The van der Waals surface area contributed by atoms with Crippen molar-refractivity contribution in [2.45, 2.75) is 64.6 Å². The molecule has 3 heteroatoms. The molecule has 0 radical (unpaired) electrons. The molecule has 0 aliphatic carbocycles. The molecule has 0 aromatic heterocycles. The van der Waals surface area contributed by atoms with E-state index >= 15 is 0 Å². The Balaban J connectivity index is 2.16. The number of hydrogen-bond acceptors (Lipinski definition) is 3. The van der Waals surface area contributed by atoms with Gasteiger partial charge in [-0.1, -0.05) is 0 Å². The molecule has 0 spiro atoms. The fraction of sp³-hybridized carbons (Fsp3) is 1.00. The molecule has 108 valence electrons. The van der Waals surface area contributed by atoms with E-state index in [0.717, 1.165) is 18.6 Å². The van der Waals surface area contributed by atoms with E-state index in [0.29, 0.717) is 0 Å². The predicted molar refractivity (Wildman–Crippen MR) is 80.1 cm³/mol. The Morgan fingerprint density at radius 3 is 2.50 bits per heavy atom. The fourth-order valence-corrected chi connectivity index (χ4v) is 2.63. The zero-order valence-electron chi connectivity index (χ0n) is 13.3. The molecule has 0 aromatic rings. The summed E-state index contributed by atoms with van der Waals surface area (Å²) in [5.74, 6) is 0. The summed E-state index contributed by atoms with van der Waals surface area (Å²) in [7, 11) is 4.40. The van der Waals surface area contributed by atoms with Crippen molar-refractivity contribution in [3.8, 4) is 0 Å². The smallest absolute Gasteiger partial charge is 0.0229 e. The Hall–Kier alpha value is -0.120. The Labute approximate surface area is 114 Å². The van der Waals surface area contributed by atoms with E-state index in [1.54, 1.807) is 0 Å². The molecule has 1 heterocycles. The minimum absolute atomic E-state index is 0.257. The Morgan fingerprint density at radius 1 is 1.33 bits per heavy atom. The molecular formula is C15H33N3. The van der Waals surface area contributed by atoms with Gasteiger partial charge in [-0.25, -0.2) is 0 Å². The first kappa shape index (κ1) is 15.9. The van der Waals surface area contributed by atoms with Crippen LogP contribution in [-0.4, -0.2) is 61.2 Å². The highest BCUT2D eigenvalue weighted by molar-refractivity contribution is 4.83. The molecule has 1 aliphatic heterocycles. The zero-order valence-corrected chi connectivity index (χ0v) is 13.3. The van der Waals surface area contributed by atoms with Crippen molar-refractivity contribution in [3.63, 3.8) is 0 Å². The van der Waals surface area contributed by atoms with Crippen molar-refractivity contribution < 1.29 is 0 Å². The van der Waals surface area contributed by atoms with Gasteiger partial charge in [-0.15, -0.1) is 0 Å². The van der Waals surface area contributed by atoms with Crippen LogP contribution < -0.4 is 5.32 Å². The summed E-state index contributed by atoms with van der Waals surface area (Å²) in [5, 5.41) is 3.57. The summed E-state index contributed by atoms with van der Waals surface area (Å²) < 4.78 is 0. The summed E-state index contributed by atoms with van der Waals surface area (Å²) in [5.41, 5.74) is 0.257. The number of rotatable bonds is 6. The molecule has 1 fully saturated rings. The number of hydrogen-bond donors (Lipinski definition) is 1. The van der Waals surface area contributed by atoms with Crippen LogP contribution in [0.5, 0.6) is 0 Å². The Morgan fingerprint density at radius 2 is 2.00 bits per heavy atom. The van der Waals surface area contributed by atoms with Crippen molar-refractivity contribution in [1.29, 1.82) is 0 Å². The second kappa shape index (κ2) is 6.88. The Kier molecular flexibility index (Phi) is 6.09. The lowest BCUT2D eigenvalue weighted by molar-refractivity contribution is 0.214. The van der Waals surface area contributed by atoms with Gasteiger partial charge in [0, 0.05) is 30.7 Å². The average molecular weight is 255 g/mol. The highest BCUT2D eigenvalue weighted by Gasteiger charge is 2.26. The zero-order chi connectivity index (χ0) is 13.8. The quantitative estimate of drug-likeness (QED) is 0.734. The normalized spacial score (nSPS) is 23.8. The summed E-state index contributed by atoms with van der Waals surface area (Å²) in [6.07, 6.45) is 3.92. The van der Waals surface area contributed by atoms with Gasteiger partial charge in [0.05, 0.1) is 0 Å². The van der Waals surface area contributed by atoms with Crippen LogP contribution in [0.1, 0.15) is 47.0 Å². The van der Waals surface area contributed by atoms with Gasteiger partial charge in [0.2, 0.25) is 0 Å². The van der Waals surface area contributed by atoms with E-state index in [1.165, 1.54) is 32.4 Å². The molecule has 0 amide bonds. The third-order valence-corrected chi connectivity index (χ3v) is 4.00. The molecule has 1 N–H and O–H groups in total. The minimum Gasteiger partial charge on any atom is -0.312 e. The van der Waals surface area contributed by atoms with Crippen molar-refractivity contribution in [2.75, 3.05) is 33.7 Å². The maximum atomic E-state index is 3.57. The van der Waals surface area contributed by atoms with E-state index < -0.39 is 0 Å². The third-order valence-electron chi connectivity index (χ3n) is 4.00. The lowest BCUT2D eigenvalue weighted by Crippen LogP contribution is -2.38. The SMILES string of the molecule is CC(CCCNC(C)(C)C)N1CCC(N(C)C)C1. The largest absolute Gasteiger partial charge is 0.312 e. The number of likely N-dealkylation sites (tertiary alicyclic amines) is 1. The van der Waals surface area contributed by atoms with Crippen molar-refractivity contribution in [2.24, 2.45) is 0 Å². The molecule has 0 aromatic carbocycles. The number of nitrogens with one attached hydrogen (secondary N) is 1. The van der Waals surface area contributed by atoms with E-state index in [1.807, 2.05) is 0 Å². The van der Waals surface area contributed by atoms with E-state index in [4.69, 9.17) is 0 Å². The molecule has 18 heavy (non-hydrogen) atoms. The molecule has 0 saturated carbocycles. The summed E-state index contributed by atoms with van der Waals surface area (Å²) in [6.45, 7) is 12.8. The topological polar surface area (TPSA) is 18.5 Å². The van der Waals surface area contributed by atoms with Crippen molar-refractivity contribution >= 4 is 0 Å². The van der Waals surface area contributed by atoms with Gasteiger partial charge in [0.15, 0.2) is 0 Å². The van der Waals surface area contributed by atoms with E-state index in [9.17, 15) is 0 Å². The molecule has 2 atom stereocenters. The van der Waals surface area contributed by atoms with Gasteiger partial charge in [0.25, 0.3) is 0 Å². The van der Waals surface area contributed by atoms with Crippen LogP contribution in [0, 0.1) is 0 Å². The minimum atomic E-state index is 0.257. The lowest BCUT2D eigenvalue weighted by Gasteiger charge is -2.26. The maximum absolute atomic E-state index is 3.57. The standard InChI is InChI=1S/C15H33N3/c1-13(8-7-10-16-15(2,3)4)18-11-9-14(12-18)17(5)6/h13-14,16H,7-12H2,1-6H3. The van der Waals surface area contributed by atoms with Crippen molar-refractivity contribution in [1.82, 2.24) is 15.1 Å². The van der Waals surface area contributed by atoms with Gasteiger partial charge >= 0.3 is 0 Å². The first-order chi connectivity index (χ1) is 8.29. The maximum Gasteiger partial charge on any atom is 0.0229 e. The van der Waals surface area contributed by atoms with Crippen molar-refractivity contribution in [3.05, 3.63) is 0 Å². The second-order valence-corrected chi connectivity index (χ2v) is 7.07. The summed E-state index contributed by atoms with van der Waals surface area (Å²) >= 11 is 0. The van der Waals surface area contributed by atoms with Gasteiger partial charge in [-0.3, -0.25) is 4.90 Å². The highest BCUT2D eigenvalue weighted by atomic mass is 15.2. The van der Waals surface area contributed by atoms with Crippen LogP contribution in [0.25, 0.3) is 0 Å². The molecular weight excluding hydrogens is 222 g/mol. The number of likely N-dealkylation sites (N-methyl/N-ethyl adjacent to an activating group) is 1. The fourth-order valence-electron chi connectivity index (χ4n) is 2.63. The lowest BCUT2D eigenvalue weighted by atomic mass is 10.1. The average Bonchev–Trinajstić information content (AvgIpc) is 2.72. The van der Waals surface area contributed by atoms with Crippen LogP contribution >= 0.6 is 0 Å². The second-order valence-electron chi connectivity index (χ2n) is 7.07. The monoisotopic (exact) mass is 255 g/mol. The Bertz CT molecular complexity index is 232. The first-order valence-electron chi connectivity index (χ1n) is 7.45. The highest BCUT2D eigenvalue weighted by Crippen LogP contribution is 2.18. The number of nitrogens with zero attached hydrogens (tertiary/aromatic N) is 2. The van der Waals surface area contributed by atoms with Gasteiger partial charge < -0.3 is 10.2 Å². The summed E-state index contributed by atoms with van der Waals surface area (Å²) in [6, 6.07) is 1.50. The summed E-state index contributed by atoms with van der Waals surface area (Å²) in [4.78, 5) is 5.02. The molecule has 0 bridgehead atoms. The van der Waals surface area contributed by atoms with Gasteiger partial charge in [-0.2, -0.15) is 0 Å². The molecule has 3 nitrogen and oxygen atoms in total. The molecule has 1 aliphatic rings. The van der Waals surface area contributed by atoms with E-state index in [-0.39, 0.29) is 5.54 Å². The van der Waals surface area contributed by atoms with E-state index in [2.05, 4.69) is 56.9 Å².